The molecule has 2 rings (SSSR count). The first kappa shape index (κ1) is 11.6. The zero-order chi connectivity index (χ0) is 12.3. The molecule has 0 aliphatic rings. The summed E-state index contributed by atoms with van der Waals surface area (Å²) < 4.78 is 1.98. The highest BCUT2D eigenvalue weighted by atomic mass is 16.1. The summed E-state index contributed by atoms with van der Waals surface area (Å²) in [4.78, 5) is 11.0. The Morgan fingerprint density at radius 2 is 2.06 bits per heavy atom. The maximum Gasteiger partial charge on any atom is 0.150 e. The van der Waals surface area contributed by atoms with E-state index in [9.17, 15) is 4.79 Å². The van der Waals surface area contributed by atoms with Crippen molar-refractivity contribution in [1.82, 2.24) is 9.78 Å². The summed E-state index contributed by atoms with van der Waals surface area (Å²) in [5.74, 6) is 0. The minimum atomic E-state index is 0.714. The van der Waals surface area contributed by atoms with Gasteiger partial charge in [-0.25, -0.2) is 0 Å². The number of carbonyl (C=O) groups excluding carboxylic acids is 1. The predicted octanol–water partition coefficient (Wildman–Crippen LogP) is 3.08. The second kappa shape index (κ2) is 4.95. The number of hydrogen-bond donors (Lipinski definition) is 0. The van der Waals surface area contributed by atoms with Crippen molar-refractivity contribution < 1.29 is 4.79 Å². The molecular weight excluding hydrogens is 212 g/mol. The molecule has 3 heteroatoms. The molecule has 0 aliphatic heterocycles. The molecule has 0 aliphatic carbocycles. The van der Waals surface area contributed by atoms with Crippen molar-refractivity contribution >= 4 is 6.29 Å². The molecule has 0 radical (unpaired) electrons. The molecule has 1 aromatic carbocycles. The maximum absolute atomic E-state index is 11.0. The third kappa shape index (κ3) is 2.13. The molecule has 17 heavy (non-hydrogen) atoms. The summed E-state index contributed by atoms with van der Waals surface area (Å²) in [6.07, 6.45) is 3.79. The minimum absolute atomic E-state index is 0.714. The SMILES string of the molecule is CCCn1ncc(-c2ccccc2C=O)c1C. The third-order valence-corrected chi connectivity index (χ3v) is 2.92. The number of hydrogen-bond acceptors (Lipinski definition) is 2. The van der Waals surface area contributed by atoms with Crippen molar-refractivity contribution in [3.63, 3.8) is 0 Å². The topological polar surface area (TPSA) is 34.9 Å². The summed E-state index contributed by atoms with van der Waals surface area (Å²) >= 11 is 0. The van der Waals surface area contributed by atoms with Crippen LogP contribution in [0.5, 0.6) is 0 Å². The van der Waals surface area contributed by atoms with E-state index in [0.717, 1.165) is 36.1 Å². The highest BCUT2D eigenvalue weighted by Gasteiger charge is 2.10. The molecule has 1 heterocycles. The van der Waals surface area contributed by atoms with Gasteiger partial charge in [0.25, 0.3) is 0 Å². The van der Waals surface area contributed by atoms with Crippen LogP contribution >= 0.6 is 0 Å². The van der Waals surface area contributed by atoms with E-state index in [1.54, 1.807) is 0 Å². The number of nitrogens with zero attached hydrogens (tertiary/aromatic N) is 2. The second-order valence-corrected chi connectivity index (χ2v) is 4.07. The van der Waals surface area contributed by atoms with Crippen molar-refractivity contribution in [3.05, 3.63) is 41.7 Å². The van der Waals surface area contributed by atoms with Crippen LogP contribution in [-0.4, -0.2) is 16.1 Å². The number of carbonyl (C=O) groups is 1. The van der Waals surface area contributed by atoms with E-state index in [2.05, 4.69) is 12.0 Å². The van der Waals surface area contributed by atoms with Crippen LogP contribution in [0, 0.1) is 6.92 Å². The fourth-order valence-electron chi connectivity index (χ4n) is 1.99. The van der Waals surface area contributed by atoms with Gasteiger partial charge in [-0.3, -0.25) is 9.48 Å². The van der Waals surface area contributed by atoms with E-state index < -0.39 is 0 Å². The summed E-state index contributed by atoms with van der Waals surface area (Å²) in [6.45, 7) is 5.08. The molecule has 1 aromatic heterocycles. The maximum atomic E-state index is 11.0. The van der Waals surface area contributed by atoms with E-state index in [1.807, 2.05) is 42.1 Å². The second-order valence-electron chi connectivity index (χ2n) is 4.07. The first-order chi connectivity index (χ1) is 8.27. The highest BCUT2D eigenvalue weighted by Crippen LogP contribution is 2.25. The van der Waals surface area contributed by atoms with E-state index in [0.29, 0.717) is 5.56 Å². The van der Waals surface area contributed by atoms with Crippen LogP contribution in [0.15, 0.2) is 30.5 Å². The van der Waals surface area contributed by atoms with Gasteiger partial charge in [0.2, 0.25) is 0 Å². The monoisotopic (exact) mass is 228 g/mol. The number of aryl methyl sites for hydroxylation is 1. The minimum Gasteiger partial charge on any atom is -0.298 e. The summed E-state index contributed by atoms with van der Waals surface area (Å²) in [6, 6.07) is 7.61. The Bertz CT molecular complexity index is 529. The Morgan fingerprint density at radius 3 is 2.76 bits per heavy atom. The van der Waals surface area contributed by atoms with Gasteiger partial charge in [-0.1, -0.05) is 31.2 Å². The van der Waals surface area contributed by atoms with Gasteiger partial charge in [0.15, 0.2) is 6.29 Å². The zero-order valence-corrected chi connectivity index (χ0v) is 10.2. The van der Waals surface area contributed by atoms with Crippen molar-refractivity contribution in [2.75, 3.05) is 0 Å². The van der Waals surface area contributed by atoms with E-state index in [-0.39, 0.29) is 0 Å². The quantitative estimate of drug-likeness (QED) is 0.754. The van der Waals surface area contributed by atoms with Gasteiger partial charge in [-0.2, -0.15) is 5.10 Å². The van der Waals surface area contributed by atoms with E-state index in [1.165, 1.54) is 0 Å². The molecule has 0 saturated carbocycles. The van der Waals surface area contributed by atoms with Crippen LogP contribution in [0.1, 0.15) is 29.4 Å². The Balaban J connectivity index is 2.49. The van der Waals surface area contributed by atoms with Crippen LogP contribution in [-0.2, 0) is 6.54 Å². The molecule has 0 bridgehead atoms. The Hall–Kier alpha value is -1.90. The van der Waals surface area contributed by atoms with Crippen molar-refractivity contribution in [2.24, 2.45) is 0 Å². The van der Waals surface area contributed by atoms with Gasteiger partial charge in [0.1, 0.15) is 0 Å². The predicted molar refractivity (Wildman–Crippen MR) is 68.1 cm³/mol. The molecule has 0 unspecified atom stereocenters. The molecule has 0 amide bonds. The average Bonchev–Trinajstić information content (AvgIpc) is 2.72. The molecule has 0 N–H and O–H groups in total. The molecule has 0 atom stereocenters. The highest BCUT2D eigenvalue weighted by molar-refractivity contribution is 5.87. The van der Waals surface area contributed by atoms with Crippen LogP contribution in [0.25, 0.3) is 11.1 Å². The summed E-state index contributed by atoms with van der Waals surface area (Å²) in [5.41, 5.74) is 3.83. The fourth-order valence-corrected chi connectivity index (χ4v) is 1.99. The Morgan fingerprint density at radius 1 is 1.29 bits per heavy atom. The first-order valence-corrected chi connectivity index (χ1v) is 5.85. The van der Waals surface area contributed by atoms with Gasteiger partial charge < -0.3 is 0 Å². The lowest BCUT2D eigenvalue weighted by Crippen LogP contribution is -2.01. The van der Waals surface area contributed by atoms with E-state index >= 15 is 0 Å². The molecule has 3 nitrogen and oxygen atoms in total. The molecule has 0 saturated heterocycles. The zero-order valence-electron chi connectivity index (χ0n) is 10.2. The number of aldehydes is 1. The number of rotatable bonds is 4. The Kier molecular flexibility index (Phi) is 3.38. The Labute approximate surface area is 101 Å². The lowest BCUT2D eigenvalue weighted by Gasteiger charge is -2.05. The normalized spacial score (nSPS) is 10.5. The summed E-state index contributed by atoms with van der Waals surface area (Å²) in [5, 5.41) is 4.36. The number of aromatic nitrogens is 2. The van der Waals surface area contributed by atoms with Gasteiger partial charge in [0, 0.05) is 23.4 Å². The molecule has 0 spiro atoms. The molecule has 2 aromatic rings. The van der Waals surface area contributed by atoms with Gasteiger partial charge in [0.05, 0.1) is 6.20 Å². The van der Waals surface area contributed by atoms with Crippen LogP contribution in [0.3, 0.4) is 0 Å². The van der Waals surface area contributed by atoms with Crippen molar-refractivity contribution in [1.29, 1.82) is 0 Å². The van der Waals surface area contributed by atoms with Crippen LogP contribution < -0.4 is 0 Å². The van der Waals surface area contributed by atoms with Crippen molar-refractivity contribution in [2.45, 2.75) is 26.8 Å². The fraction of sp³-hybridized carbons (Fsp3) is 0.286. The standard InChI is InChI=1S/C14H16N2O/c1-3-8-16-11(2)14(9-15-16)13-7-5-4-6-12(13)10-17/h4-7,9-10H,3,8H2,1-2H3. The first-order valence-electron chi connectivity index (χ1n) is 5.85. The van der Waals surface area contributed by atoms with Gasteiger partial charge in [-0.05, 0) is 18.9 Å². The molecule has 88 valence electrons. The molecule has 0 fully saturated rings. The van der Waals surface area contributed by atoms with Gasteiger partial charge in [-0.15, -0.1) is 0 Å². The summed E-state index contributed by atoms with van der Waals surface area (Å²) in [7, 11) is 0. The lowest BCUT2D eigenvalue weighted by molar-refractivity contribution is 0.112. The van der Waals surface area contributed by atoms with Crippen molar-refractivity contribution in [3.8, 4) is 11.1 Å². The van der Waals surface area contributed by atoms with E-state index in [4.69, 9.17) is 0 Å². The van der Waals surface area contributed by atoms with Crippen LogP contribution in [0.4, 0.5) is 0 Å². The smallest absolute Gasteiger partial charge is 0.150 e. The largest absolute Gasteiger partial charge is 0.298 e. The molecular formula is C14H16N2O. The average molecular weight is 228 g/mol. The third-order valence-electron chi connectivity index (χ3n) is 2.92. The number of benzene rings is 1. The lowest BCUT2D eigenvalue weighted by atomic mass is 10.0. The van der Waals surface area contributed by atoms with Gasteiger partial charge >= 0.3 is 0 Å². The van der Waals surface area contributed by atoms with Crippen LogP contribution in [0.2, 0.25) is 0 Å².